The zero-order chi connectivity index (χ0) is 15.7. The second-order valence-electron chi connectivity index (χ2n) is 5.29. The molecule has 1 aromatic heterocycles. The van der Waals surface area contributed by atoms with Gasteiger partial charge in [-0.05, 0) is 38.1 Å². The van der Waals surface area contributed by atoms with Gasteiger partial charge in [-0.2, -0.15) is 0 Å². The van der Waals surface area contributed by atoms with E-state index in [4.69, 9.17) is 0 Å². The molecular formula is C18H15N2O2-. The molecule has 2 aromatic carbocycles. The number of carbonyl (C=O) groups is 1. The van der Waals surface area contributed by atoms with Crippen LogP contribution in [0.5, 0.6) is 0 Å². The van der Waals surface area contributed by atoms with E-state index < -0.39 is 5.97 Å². The lowest BCUT2D eigenvalue weighted by Gasteiger charge is -2.15. The van der Waals surface area contributed by atoms with Crippen LogP contribution in [-0.4, -0.2) is 11.0 Å². The van der Waals surface area contributed by atoms with Crippen molar-refractivity contribution in [2.45, 2.75) is 13.8 Å². The van der Waals surface area contributed by atoms with Crippen molar-refractivity contribution in [1.29, 1.82) is 0 Å². The Morgan fingerprint density at radius 1 is 1.05 bits per heavy atom. The number of anilines is 2. The third-order valence-electron chi connectivity index (χ3n) is 3.51. The van der Waals surface area contributed by atoms with E-state index in [2.05, 4.69) is 10.3 Å². The summed E-state index contributed by atoms with van der Waals surface area (Å²) in [5.41, 5.74) is 4.34. The molecule has 22 heavy (non-hydrogen) atoms. The molecule has 110 valence electrons. The normalized spacial score (nSPS) is 10.6. The highest BCUT2D eigenvalue weighted by Gasteiger charge is 2.08. The number of hydrogen-bond donors (Lipinski definition) is 1. The second kappa shape index (κ2) is 5.48. The number of benzene rings is 2. The van der Waals surface area contributed by atoms with E-state index in [0.29, 0.717) is 5.69 Å². The number of carbonyl (C=O) groups excluding carboxylic acids is 1. The van der Waals surface area contributed by atoms with Gasteiger partial charge in [-0.25, -0.2) is 0 Å². The zero-order valence-corrected chi connectivity index (χ0v) is 12.4. The van der Waals surface area contributed by atoms with Crippen LogP contribution in [0, 0.1) is 13.8 Å². The van der Waals surface area contributed by atoms with Gasteiger partial charge in [-0.3, -0.25) is 4.98 Å². The van der Waals surface area contributed by atoms with E-state index in [1.165, 1.54) is 6.07 Å². The lowest BCUT2D eigenvalue weighted by Crippen LogP contribution is -2.23. The lowest BCUT2D eigenvalue weighted by atomic mass is 10.1. The van der Waals surface area contributed by atoms with Gasteiger partial charge in [-0.1, -0.05) is 29.8 Å². The molecule has 3 aromatic rings. The standard InChI is InChI=1S/C18H16N2O2/c1-11-7-8-16-14(9-11)17(10-12(2)19-16)20-15-6-4-3-5-13(15)18(21)22/h3-10H,1-2H3,(H,19,20)(H,21,22)/p-1. The summed E-state index contributed by atoms with van der Waals surface area (Å²) in [6, 6.07) is 14.6. The van der Waals surface area contributed by atoms with Crippen LogP contribution in [-0.2, 0) is 0 Å². The van der Waals surface area contributed by atoms with Crippen molar-refractivity contribution in [3.05, 3.63) is 65.4 Å². The Balaban J connectivity index is 2.15. The van der Waals surface area contributed by atoms with Crippen LogP contribution in [0.25, 0.3) is 10.9 Å². The highest BCUT2D eigenvalue weighted by molar-refractivity contribution is 5.98. The summed E-state index contributed by atoms with van der Waals surface area (Å²) in [5, 5.41) is 15.4. The summed E-state index contributed by atoms with van der Waals surface area (Å²) in [4.78, 5) is 15.7. The number of carboxylic acid groups (broad SMARTS) is 1. The minimum atomic E-state index is -1.20. The molecule has 0 aliphatic carbocycles. The minimum absolute atomic E-state index is 0.137. The first kappa shape index (κ1) is 14.1. The van der Waals surface area contributed by atoms with Crippen LogP contribution in [0.15, 0.2) is 48.5 Å². The number of nitrogens with one attached hydrogen (secondary N) is 1. The molecule has 0 saturated carbocycles. The van der Waals surface area contributed by atoms with Crippen molar-refractivity contribution < 1.29 is 9.90 Å². The molecule has 0 bridgehead atoms. The Hall–Kier alpha value is -2.88. The fourth-order valence-electron chi connectivity index (χ4n) is 2.49. The predicted molar refractivity (Wildman–Crippen MR) is 85.3 cm³/mol. The molecule has 4 nitrogen and oxygen atoms in total. The molecule has 0 radical (unpaired) electrons. The topological polar surface area (TPSA) is 65.0 Å². The molecule has 0 aliphatic rings. The summed E-state index contributed by atoms with van der Waals surface area (Å²) in [6.45, 7) is 3.92. The molecule has 1 heterocycles. The highest BCUT2D eigenvalue weighted by atomic mass is 16.4. The summed E-state index contributed by atoms with van der Waals surface area (Å²) < 4.78 is 0. The van der Waals surface area contributed by atoms with Gasteiger partial charge in [-0.15, -0.1) is 0 Å². The third-order valence-corrected chi connectivity index (χ3v) is 3.51. The molecule has 3 rings (SSSR count). The zero-order valence-electron chi connectivity index (χ0n) is 12.4. The van der Waals surface area contributed by atoms with Crippen LogP contribution >= 0.6 is 0 Å². The Kier molecular flexibility index (Phi) is 3.51. The monoisotopic (exact) mass is 291 g/mol. The Morgan fingerprint density at radius 3 is 2.59 bits per heavy atom. The van der Waals surface area contributed by atoms with Crippen molar-refractivity contribution in [2.24, 2.45) is 0 Å². The lowest BCUT2D eigenvalue weighted by molar-refractivity contribution is -0.254. The fraction of sp³-hybridized carbons (Fsp3) is 0.111. The quantitative estimate of drug-likeness (QED) is 0.805. The largest absolute Gasteiger partial charge is 0.545 e. The molecule has 0 atom stereocenters. The van der Waals surface area contributed by atoms with E-state index >= 15 is 0 Å². The number of para-hydroxylation sites is 1. The van der Waals surface area contributed by atoms with Gasteiger partial charge < -0.3 is 15.2 Å². The number of rotatable bonds is 3. The molecule has 0 saturated heterocycles. The number of aromatic carboxylic acids is 1. The first-order chi connectivity index (χ1) is 10.5. The van der Waals surface area contributed by atoms with Crippen molar-refractivity contribution in [3.8, 4) is 0 Å². The maximum Gasteiger partial charge on any atom is 0.0736 e. The van der Waals surface area contributed by atoms with Crippen molar-refractivity contribution >= 4 is 28.2 Å². The minimum Gasteiger partial charge on any atom is -0.545 e. The Labute approximate surface area is 128 Å². The van der Waals surface area contributed by atoms with Gasteiger partial charge in [0.05, 0.1) is 11.5 Å². The number of aryl methyl sites for hydroxylation is 2. The molecule has 0 amide bonds. The van der Waals surface area contributed by atoms with Gasteiger partial charge in [0, 0.05) is 28.0 Å². The van der Waals surface area contributed by atoms with Crippen LogP contribution in [0.3, 0.4) is 0 Å². The van der Waals surface area contributed by atoms with Gasteiger partial charge in [0.15, 0.2) is 0 Å². The second-order valence-corrected chi connectivity index (χ2v) is 5.29. The van der Waals surface area contributed by atoms with Crippen molar-refractivity contribution in [2.75, 3.05) is 5.32 Å². The number of nitrogens with zero attached hydrogens (tertiary/aromatic N) is 1. The van der Waals surface area contributed by atoms with E-state index in [1.54, 1.807) is 18.2 Å². The molecular weight excluding hydrogens is 276 g/mol. The smallest absolute Gasteiger partial charge is 0.0736 e. The number of fused-ring (bicyclic) bond motifs is 1. The van der Waals surface area contributed by atoms with Crippen LogP contribution in [0.4, 0.5) is 11.4 Å². The van der Waals surface area contributed by atoms with Gasteiger partial charge in [0.25, 0.3) is 0 Å². The maximum atomic E-state index is 11.2. The first-order valence-electron chi connectivity index (χ1n) is 7.00. The summed E-state index contributed by atoms with van der Waals surface area (Å²) >= 11 is 0. The summed E-state index contributed by atoms with van der Waals surface area (Å²) in [5.74, 6) is -1.20. The Morgan fingerprint density at radius 2 is 1.82 bits per heavy atom. The van der Waals surface area contributed by atoms with Crippen molar-refractivity contribution in [3.63, 3.8) is 0 Å². The number of pyridine rings is 1. The van der Waals surface area contributed by atoms with Crippen LogP contribution in [0.2, 0.25) is 0 Å². The fourth-order valence-corrected chi connectivity index (χ4v) is 2.49. The molecule has 0 unspecified atom stereocenters. The van der Waals surface area contributed by atoms with Gasteiger partial charge in [0.2, 0.25) is 0 Å². The average Bonchev–Trinajstić information content (AvgIpc) is 2.48. The molecule has 0 spiro atoms. The van der Waals surface area contributed by atoms with Gasteiger partial charge in [0.1, 0.15) is 0 Å². The average molecular weight is 291 g/mol. The van der Waals surface area contributed by atoms with Crippen LogP contribution < -0.4 is 10.4 Å². The first-order valence-corrected chi connectivity index (χ1v) is 7.00. The summed E-state index contributed by atoms with van der Waals surface area (Å²) in [6.07, 6.45) is 0. The number of hydrogen-bond acceptors (Lipinski definition) is 4. The Bertz CT molecular complexity index is 872. The molecule has 0 fully saturated rings. The predicted octanol–water partition coefficient (Wildman–Crippen LogP) is 2.96. The number of aromatic nitrogens is 1. The molecule has 4 heteroatoms. The maximum absolute atomic E-state index is 11.2. The van der Waals surface area contributed by atoms with E-state index in [-0.39, 0.29) is 5.56 Å². The van der Waals surface area contributed by atoms with E-state index in [9.17, 15) is 9.90 Å². The third kappa shape index (κ3) is 2.63. The highest BCUT2D eigenvalue weighted by Crippen LogP contribution is 2.28. The molecule has 1 N–H and O–H groups in total. The van der Waals surface area contributed by atoms with Crippen LogP contribution in [0.1, 0.15) is 21.6 Å². The summed E-state index contributed by atoms with van der Waals surface area (Å²) in [7, 11) is 0. The van der Waals surface area contributed by atoms with E-state index in [0.717, 1.165) is 27.8 Å². The van der Waals surface area contributed by atoms with Gasteiger partial charge >= 0.3 is 0 Å². The number of carboxylic acids is 1. The van der Waals surface area contributed by atoms with Crippen molar-refractivity contribution in [1.82, 2.24) is 4.98 Å². The molecule has 0 aliphatic heterocycles. The van der Waals surface area contributed by atoms with E-state index in [1.807, 2.05) is 38.1 Å². The SMILES string of the molecule is Cc1ccc2nc(C)cc(Nc3ccccc3C(=O)[O-])c2c1.